The van der Waals surface area contributed by atoms with Crippen LogP contribution in [0.15, 0.2) is 23.1 Å². The Bertz CT molecular complexity index is 590. The number of carbonyl (C=O) groups is 2. The van der Waals surface area contributed by atoms with Gasteiger partial charge in [-0.05, 0) is 36.6 Å². The van der Waals surface area contributed by atoms with Crippen molar-refractivity contribution in [1.82, 2.24) is 0 Å². The number of thioether (sulfide) groups is 1. The topological polar surface area (TPSA) is 72.6 Å². The maximum absolute atomic E-state index is 12.0. The third-order valence-electron chi connectivity index (χ3n) is 3.78. The fourth-order valence-corrected chi connectivity index (χ4v) is 3.90. The first-order chi connectivity index (χ1) is 10.0. The SMILES string of the molecule is CC1Cc2cc(N3C[C@@H](CCC(N)=O)OC3=O)ccc2S1. The number of hydrogen-bond donors (Lipinski definition) is 1. The summed E-state index contributed by atoms with van der Waals surface area (Å²) in [4.78, 5) is 25.7. The molecule has 2 aliphatic rings. The first kappa shape index (κ1) is 14.3. The zero-order valence-corrected chi connectivity index (χ0v) is 12.7. The standard InChI is InChI=1S/C15H18N2O3S/c1-9-6-10-7-11(2-4-13(10)21-9)17-8-12(20-15(17)19)3-5-14(16)18/h2,4,7,9,12H,3,5-6,8H2,1H3,(H2,16,18)/t9?,12-/m1/s1. The highest BCUT2D eigenvalue weighted by molar-refractivity contribution is 8.00. The van der Waals surface area contributed by atoms with Crippen LogP contribution in [0.4, 0.5) is 10.5 Å². The van der Waals surface area contributed by atoms with E-state index < -0.39 is 0 Å². The van der Waals surface area contributed by atoms with Gasteiger partial charge in [0.25, 0.3) is 0 Å². The molecule has 0 radical (unpaired) electrons. The molecule has 1 aromatic carbocycles. The van der Waals surface area contributed by atoms with Gasteiger partial charge in [0, 0.05) is 22.3 Å². The van der Waals surface area contributed by atoms with Crippen LogP contribution in [-0.2, 0) is 16.0 Å². The summed E-state index contributed by atoms with van der Waals surface area (Å²) in [6.07, 6.45) is 1.15. The van der Waals surface area contributed by atoms with Crippen LogP contribution in [0.1, 0.15) is 25.3 Å². The van der Waals surface area contributed by atoms with Gasteiger partial charge in [0.2, 0.25) is 5.91 Å². The molecule has 0 saturated carbocycles. The molecule has 1 aromatic rings. The molecule has 2 aliphatic heterocycles. The summed E-state index contributed by atoms with van der Waals surface area (Å²) in [5.41, 5.74) is 7.29. The van der Waals surface area contributed by atoms with Crippen LogP contribution in [0.2, 0.25) is 0 Å². The number of hydrogen-bond acceptors (Lipinski definition) is 4. The van der Waals surface area contributed by atoms with Crippen LogP contribution < -0.4 is 10.6 Å². The van der Waals surface area contributed by atoms with Crippen LogP contribution in [0, 0.1) is 0 Å². The molecular weight excluding hydrogens is 288 g/mol. The Kier molecular flexibility index (Phi) is 3.80. The van der Waals surface area contributed by atoms with E-state index in [0.717, 1.165) is 12.1 Å². The summed E-state index contributed by atoms with van der Waals surface area (Å²) in [5.74, 6) is -0.368. The van der Waals surface area contributed by atoms with Gasteiger partial charge in [-0.25, -0.2) is 4.79 Å². The molecule has 1 saturated heterocycles. The van der Waals surface area contributed by atoms with Gasteiger partial charge in [-0.2, -0.15) is 0 Å². The maximum atomic E-state index is 12.0. The van der Waals surface area contributed by atoms with E-state index in [2.05, 4.69) is 19.1 Å². The van der Waals surface area contributed by atoms with Gasteiger partial charge >= 0.3 is 6.09 Å². The Morgan fingerprint density at radius 1 is 1.52 bits per heavy atom. The number of primary amides is 1. The average molecular weight is 306 g/mol. The Balaban J connectivity index is 1.71. The number of nitrogens with two attached hydrogens (primary N) is 1. The second-order valence-electron chi connectivity index (χ2n) is 5.55. The Hall–Kier alpha value is -1.69. The third-order valence-corrected chi connectivity index (χ3v) is 5.00. The minimum Gasteiger partial charge on any atom is -0.444 e. The summed E-state index contributed by atoms with van der Waals surface area (Å²) in [7, 11) is 0. The summed E-state index contributed by atoms with van der Waals surface area (Å²) in [6, 6.07) is 6.11. The highest BCUT2D eigenvalue weighted by Crippen LogP contribution is 2.39. The van der Waals surface area contributed by atoms with Crippen molar-refractivity contribution in [1.29, 1.82) is 0 Å². The fraction of sp³-hybridized carbons (Fsp3) is 0.467. The number of cyclic esters (lactones) is 1. The van der Waals surface area contributed by atoms with E-state index in [0.29, 0.717) is 18.2 Å². The predicted molar refractivity (Wildman–Crippen MR) is 81.5 cm³/mol. The minimum absolute atomic E-state index is 0.240. The molecular formula is C15H18N2O3S. The van der Waals surface area contributed by atoms with E-state index in [9.17, 15) is 9.59 Å². The van der Waals surface area contributed by atoms with E-state index in [1.807, 2.05) is 17.8 Å². The van der Waals surface area contributed by atoms with Gasteiger partial charge in [0.15, 0.2) is 0 Å². The lowest BCUT2D eigenvalue weighted by atomic mass is 10.1. The molecule has 0 aliphatic carbocycles. The molecule has 5 nitrogen and oxygen atoms in total. The molecule has 6 heteroatoms. The lowest BCUT2D eigenvalue weighted by Crippen LogP contribution is -2.25. The zero-order valence-electron chi connectivity index (χ0n) is 11.9. The molecule has 2 N–H and O–H groups in total. The van der Waals surface area contributed by atoms with E-state index in [-0.39, 0.29) is 24.5 Å². The van der Waals surface area contributed by atoms with E-state index in [1.54, 1.807) is 4.90 Å². The van der Waals surface area contributed by atoms with Crippen LogP contribution in [0.3, 0.4) is 0 Å². The highest BCUT2D eigenvalue weighted by atomic mass is 32.2. The molecule has 1 unspecified atom stereocenters. The van der Waals surface area contributed by atoms with Crippen molar-refractivity contribution in [2.45, 2.75) is 42.4 Å². The minimum atomic E-state index is -0.368. The summed E-state index contributed by atoms with van der Waals surface area (Å²) in [5, 5.41) is 0.587. The van der Waals surface area contributed by atoms with Crippen molar-refractivity contribution < 1.29 is 14.3 Å². The van der Waals surface area contributed by atoms with Crippen LogP contribution in [-0.4, -0.2) is 29.9 Å². The fourth-order valence-electron chi connectivity index (χ4n) is 2.76. The summed E-state index contributed by atoms with van der Waals surface area (Å²) < 4.78 is 5.29. The first-order valence-corrected chi connectivity index (χ1v) is 7.97. The molecule has 2 heterocycles. The van der Waals surface area contributed by atoms with Crippen molar-refractivity contribution in [2.75, 3.05) is 11.4 Å². The molecule has 1 fully saturated rings. The van der Waals surface area contributed by atoms with E-state index in [1.165, 1.54) is 10.5 Å². The first-order valence-electron chi connectivity index (χ1n) is 7.09. The number of ether oxygens (including phenoxy) is 1. The normalized spacial score (nSPS) is 24.0. The number of fused-ring (bicyclic) bond motifs is 1. The number of benzene rings is 1. The van der Waals surface area contributed by atoms with Crippen LogP contribution in [0.25, 0.3) is 0 Å². The monoisotopic (exact) mass is 306 g/mol. The van der Waals surface area contributed by atoms with Crippen molar-refractivity contribution in [2.24, 2.45) is 5.73 Å². The largest absolute Gasteiger partial charge is 0.444 e. The maximum Gasteiger partial charge on any atom is 0.414 e. The Morgan fingerprint density at radius 3 is 3.10 bits per heavy atom. The third kappa shape index (κ3) is 3.00. The lowest BCUT2D eigenvalue weighted by Gasteiger charge is -2.14. The quantitative estimate of drug-likeness (QED) is 0.926. The van der Waals surface area contributed by atoms with Gasteiger partial charge in [0.1, 0.15) is 6.10 Å². The number of carbonyl (C=O) groups excluding carboxylic acids is 2. The molecule has 0 bridgehead atoms. The molecule has 21 heavy (non-hydrogen) atoms. The molecule has 3 rings (SSSR count). The number of anilines is 1. The number of amides is 2. The van der Waals surface area contributed by atoms with E-state index >= 15 is 0 Å². The van der Waals surface area contributed by atoms with Gasteiger partial charge in [-0.3, -0.25) is 9.69 Å². The van der Waals surface area contributed by atoms with Crippen molar-refractivity contribution >= 4 is 29.4 Å². The average Bonchev–Trinajstić information content (AvgIpc) is 2.97. The molecule has 112 valence electrons. The van der Waals surface area contributed by atoms with Gasteiger partial charge < -0.3 is 10.5 Å². The Morgan fingerprint density at radius 2 is 2.33 bits per heavy atom. The van der Waals surface area contributed by atoms with Gasteiger partial charge in [-0.1, -0.05) is 6.92 Å². The second-order valence-corrected chi connectivity index (χ2v) is 7.03. The Labute approximate surface area is 127 Å². The lowest BCUT2D eigenvalue weighted by molar-refractivity contribution is -0.118. The van der Waals surface area contributed by atoms with Crippen molar-refractivity contribution in [3.05, 3.63) is 23.8 Å². The molecule has 2 atom stereocenters. The van der Waals surface area contributed by atoms with Crippen LogP contribution >= 0.6 is 11.8 Å². The van der Waals surface area contributed by atoms with Gasteiger partial charge in [0.05, 0.1) is 6.54 Å². The van der Waals surface area contributed by atoms with Crippen LogP contribution in [0.5, 0.6) is 0 Å². The summed E-state index contributed by atoms with van der Waals surface area (Å²) >= 11 is 1.87. The molecule has 2 amide bonds. The van der Waals surface area contributed by atoms with Crippen molar-refractivity contribution in [3.8, 4) is 0 Å². The molecule has 0 spiro atoms. The second kappa shape index (κ2) is 5.60. The van der Waals surface area contributed by atoms with E-state index in [4.69, 9.17) is 10.5 Å². The highest BCUT2D eigenvalue weighted by Gasteiger charge is 2.33. The smallest absolute Gasteiger partial charge is 0.414 e. The van der Waals surface area contributed by atoms with Gasteiger partial charge in [-0.15, -0.1) is 11.8 Å². The van der Waals surface area contributed by atoms with Crippen molar-refractivity contribution in [3.63, 3.8) is 0 Å². The summed E-state index contributed by atoms with van der Waals surface area (Å²) in [6.45, 7) is 2.68. The number of nitrogens with zero attached hydrogens (tertiary/aromatic N) is 1. The molecule has 0 aromatic heterocycles. The number of rotatable bonds is 4. The predicted octanol–water partition coefficient (Wildman–Crippen LogP) is 2.31. The zero-order chi connectivity index (χ0) is 15.0.